The maximum atomic E-state index is 13.0. The van der Waals surface area contributed by atoms with Crippen molar-refractivity contribution in [2.75, 3.05) is 26.2 Å². The molecule has 0 aliphatic carbocycles. The van der Waals surface area contributed by atoms with Gasteiger partial charge in [-0.2, -0.15) is 0 Å². The summed E-state index contributed by atoms with van der Waals surface area (Å²) in [4.78, 5) is 17.5. The van der Waals surface area contributed by atoms with Gasteiger partial charge in [-0.25, -0.2) is 0 Å². The van der Waals surface area contributed by atoms with Crippen molar-refractivity contribution in [2.24, 2.45) is 17.1 Å². The Morgan fingerprint density at radius 3 is 2.67 bits per heavy atom. The summed E-state index contributed by atoms with van der Waals surface area (Å²) in [5, 5.41) is 0. The van der Waals surface area contributed by atoms with Crippen LogP contribution < -0.4 is 5.73 Å². The summed E-state index contributed by atoms with van der Waals surface area (Å²) in [6.07, 6.45) is 3.05. The first-order valence-corrected chi connectivity index (χ1v) is 9.26. The number of carbonyl (C=O) groups excluding carboxylic acids is 1. The lowest BCUT2D eigenvalue weighted by atomic mass is 9.79. The zero-order valence-corrected chi connectivity index (χ0v) is 15.1. The Kier molecular flexibility index (Phi) is 5.26. The topological polar surface area (TPSA) is 49.6 Å². The summed E-state index contributed by atoms with van der Waals surface area (Å²) >= 11 is 0. The van der Waals surface area contributed by atoms with Crippen molar-refractivity contribution >= 4 is 5.91 Å². The highest BCUT2D eigenvalue weighted by Crippen LogP contribution is 2.30. The lowest BCUT2D eigenvalue weighted by molar-refractivity contribution is -0.141. The highest BCUT2D eigenvalue weighted by molar-refractivity contribution is 5.79. The van der Waals surface area contributed by atoms with Crippen LogP contribution in [0, 0.1) is 11.3 Å². The van der Waals surface area contributed by atoms with Crippen molar-refractivity contribution < 1.29 is 4.79 Å². The quantitative estimate of drug-likeness (QED) is 0.927. The predicted molar refractivity (Wildman–Crippen MR) is 97.4 cm³/mol. The van der Waals surface area contributed by atoms with Gasteiger partial charge >= 0.3 is 0 Å². The minimum absolute atomic E-state index is 0.0201. The summed E-state index contributed by atoms with van der Waals surface area (Å²) in [6.45, 7) is 8.90. The standard InChI is InChI=1S/C20H31N3O/c1-20(2)15-23(12-10-18(20)21)19(24)17-9-6-11-22(14-17)13-16-7-4-3-5-8-16/h3-5,7-8,17-18H,6,9-15,21H2,1-2H3. The maximum Gasteiger partial charge on any atom is 0.226 e. The zero-order chi connectivity index (χ0) is 17.2. The molecule has 4 heteroatoms. The Morgan fingerprint density at radius 1 is 1.21 bits per heavy atom. The molecule has 0 radical (unpaired) electrons. The third kappa shape index (κ3) is 3.98. The molecule has 24 heavy (non-hydrogen) atoms. The third-order valence-electron chi connectivity index (χ3n) is 5.73. The maximum absolute atomic E-state index is 13.0. The molecule has 0 bridgehead atoms. The van der Waals surface area contributed by atoms with Gasteiger partial charge in [0, 0.05) is 32.2 Å². The Hall–Kier alpha value is -1.39. The monoisotopic (exact) mass is 329 g/mol. The number of rotatable bonds is 3. The molecule has 2 fully saturated rings. The second-order valence-electron chi connectivity index (χ2n) is 8.20. The van der Waals surface area contributed by atoms with Gasteiger partial charge in [0.15, 0.2) is 0 Å². The Labute approximate surface area is 146 Å². The number of nitrogens with zero attached hydrogens (tertiary/aromatic N) is 2. The fraction of sp³-hybridized carbons (Fsp3) is 0.650. The van der Waals surface area contributed by atoms with Gasteiger partial charge < -0.3 is 10.6 Å². The highest BCUT2D eigenvalue weighted by Gasteiger charge is 2.38. The van der Waals surface area contributed by atoms with Crippen molar-refractivity contribution in [3.63, 3.8) is 0 Å². The van der Waals surface area contributed by atoms with E-state index in [1.54, 1.807) is 0 Å². The Morgan fingerprint density at radius 2 is 1.96 bits per heavy atom. The summed E-state index contributed by atoms with van der Waals surface area (Å²) in [7, 11) is 0. The van der Waals surface area contributed by atoms with Crippen LogP contribution >= 0.6 is 0 Å². The summed E-state index contributed by atoms with van der Waals surface area (Å²) in [6, 6.07) is 10.7. The van der Waals surface area contributed by atoms with Crippen molar-refractivity contribution in [1.82, 2.24) is 9.80 Å². The average molecular weight is 329 g/mol. The molecule has 2 aliphatic heterocycles. The first-order valence-electron chi connectivity index (χ1n) is 9.26. The summed E-state index contributed by atoms with van der Waals surface area (Å²) in [5.41, 5.74) is 7.56. The minimum Gasteiger partial charge on any atom is -0.342 e. The normalized spacial score (nSPS) is 27.9. The van der Waals surface area contributed by atoms with Crippen molar-refractivity contribution in [2.45, 2.75) is 45.7 Å². The number of nitrogens with two attached hydrogens (primary N) is 1. The van der Waals surface area contributed by atoms with Gasteiger partial charge in [0.25, 0.3) is 0 Å². The van der Waals surface area contributed by atoms with Gasteiger partial charge in [-0.1, -0.05) is 44.2 Å². The molecule has 1 aromatic rings. The van der Waals surface area contributed by atoms with Crippen LogP contribution in [0.5, 0.6) is 0 Å². The van der Waals surface area contributed by atoms with Gasteiger partial charge in [-0.05, 0) is 36.8 Å². The van der Waals surface area contributed by atoms with Crippen LogP contribution in [0.3, 0.4) is 0 Å². The van der Waals surface area contributed by atoms with E-state index in [9.17, 15) is 4.79 Å². The van der Waals surface area contributed by atoms with Gasteiger partial charge in [-0.3, -0.25) is 9.69 Å². The average Bonchev–Trinajstić information content (AvgIpc) is 2.58. The molecule has 2 heterocycles. The lowest BCUT2D eigenvalue weighted by Gasteiger charge is -2.44. The number of likely N-dealkylation sites (tertiary alicyclic amines) is 2. The zero-order valence-electron chi connectivity index (χ0n) is 15.1. The van der Waals surface area contributed by atoms with E-state index in [0.29, 0.717) is 5.91 Å². The van der Waals surface area contributed by atoms with Crippen LogP contribution in [0.4, 0.5) is 0 Å². The first kappa shape index (κ1) is 17.4. The number of carbonyl (C=O) groups is 1. The van der Waals surface area contributed by atoms with E-state index in [-0.39, 0.29) is 17.4 Å². The Balaban J connectivity index is 1.59. The smallest absolute Gasteiger partial charge is 0.226 e. The molecule has 0 spiro atoms. The van der Waals surface area contributed by atoms with E-state index in [1.165, 1.54) is 5.56 Å². The second kappa shape index (κ2) is 7.24. The fourth-order valence-corrected chi connectivity index (χ4v) is 4.06. The molecular weight excluding hydrogens is 298 g/mol. The molecule has 2 N–H and O–H groups in total. The minimum atomic E-state index is 0.0201. The van der Waals surface area contributed by atoms with Crippen LogP contribution in [0.25, 0.3) is 0 Å². The lowest BCUT2D eigenvalue weighted by Crippen LogP contribution is -2.56. The fourth-order valence-electron chi connectivity index (χ4n) is 4.06. The number of benzene rings is 1. The molecule has 0 saturated carbocycles. The largest absolute Gasteiger partial charge is 0.342 e. The third-order valence-corrected chi connectivity index (χ3v) is 5.73. The van der Waals surface area contributed by atoms with E-state index in [2.05, 4.69) is 54.0 Å². The summed E-state index contributed by atoms with van der Waals surface area (Å²) < 4.78 is 0. The van der Waals surface area contributed by atoms with E-state index in [4.69, 9.17) is 5.73 Å². The molecule has 1 amide bonds. The van der Waals surface area contributed by atoms with Crippen LogP contribution in [-0.2, 0) is 11.3 Å². The van der Waals surface area contributed by atoms with Crippen molar-refractivity contribution in [3.05, 3.63) is 35.9 Å². The number of hydrogen-bond acceptors (Lipinski definition) is 3. The number of amides is 1. The van der Waals surface area contributed by atoms with Crippen LogP contribution in [-0.4, -0.2) is 47.9 Å². The number of piperidine rings is 2. The second-order valence-corrected chi connectivity index (χ2v) is 8.20. The first-order chi connectivity index (χ1) is 11.5. The van der Waals surface area contributed by atoms with Crippen LogP contribution in [0.15, 0.2) is 30.3 Å². The molecule has 2 aliphatic rings. The molecule has 2 saturated heterocycles. The molecule has 132 valence electrons. The van der Waals surface area contributed by atoms with Crippen LogP contribution in [0.1, 0.15) is 38.7 Å². The molecule has 2 atom stereocenters. The van der Waals surface area contributed by atoms with Crippen molar-refractivity contribution in [1.29, 1.82) is 0 Å². The highest BCUT2D eigenvalue weighted by atomic mass is 16.2. The SMILES string of the molecule is CC1(C)CN(C(=O)C2CCCN(Cc3ccccc3)C2)CCC1N. The van der Waals surface area contributed by atoms with E-state index >= 15 is 0 Å². The molecule has 1 aromatic carbocycles. The molecule has 0 aromatic heterocycles. The molecule has 4 nitrogen and oxygen atoms in total. The van der Waals surface area contributed by atoms with E-state index < -0.39 is 0 Å². The Bertz CT molecular complexity index is 557. The molecule has 3 rings (SSSR count). The van der Waals surface area contributed by atoms with Gasteiger partial charge in [0.2, 0.25) is 5.91 Å². The predicted octanol–water partition coefficient (Wildman–Crippen LogP) is 2.48. The van der Waals surface area contributed by atoms with E-state index in [1.807, 2.05) is 0 Å². The van der Waals surface area contributed by atoms with Gasteiger partial charge in [0.1, 0.15) is 0 Å². The van der Waals surface area contributed by atoms with Crippen molar-refractivity contribution in [3.8, 4) is 0 Å². The summed E-state index contributed by atoms with van der Waals surface area (Å²) in [5.74, 6) is 0.486. The number of hydrogen-bond donors (Lipinski definition) is 1. The van der Waals surface area contributed by atoms with Gasteiger partial charge in [-0.15, -0.1) is 0 Å². The molecular formula is C20H31N3O. The van der Waals surface area contributed by atoms with E-state index in [0.717, 1.165) is 52.0 Å². The molecule has 2 unspecified atom stereocenters. The van der Waals surface area contributed by atoms with Gasteiger partial charge in [0.05, 0.1) is 5.92 Å². The van der Waals surface area contributed by atoms with Crippen LogP contribution in [0.2, 0.25) is 0 Å².